The fourth-order valence-corrected chi connectivity index (χ4v) is 4.15. The van der Waals surface area contributed by atoms with Crippen molar-refractivity contribution in [2.75, 3.05) is 25.6 Å². The summed E-state index contributed by atoms with van der Waals surface area (Å²) in [7, 11) is -1.98. The SMILES string of the molecule is CCNc1cc(C)c(S(=O)(=O)NC(CC)COC)c(C)c1. The van der Waals surface area contributed by atoms with Gasteiger partial charge in [-0.05, 0) is 50.5 Å². The second-order valence-electron chi connectivity index (χ2n) is 5.15. The zero-order valence-corrected chi connectivity index (χ0v) is 14.3. The number of rotatable bonds is 8. The first-order valence-electron chi connectivity index (χ1n) is 7.22. The Morgan fingerprint density at radius 1 is 1.19 bits per heavy atom. The topological polar surface area (TPSA) is 67.4 Å². The van der Waals surface area contributed by atoms with Crippen LogP contribution in [-0.2, 0) is 14.8 Å². The van der Waals surface area contributed by atoms with Crippen LogP contribution in [0.25, 0.3) is 0 Å². The highest BCUT2D eigenvalue weighted by Crippen LogP contribution is 2.24. The lowest BCUT2D eigenvalue weighted by molar-refractivity contribution is 0.173. The van der Waals surface area contributed by atoms with Gasteiger partial charge in [0.25, 0.3) is 0 Å². The van der Waals surface area contributed by atoms with Crippen LogP contribution in [0.2, 0.25) is 0 Å². The second kappa shape index (κ2) is 7.77. The third-order valence-electron chi connectivity index (χ3n) is 3.29. The lowest BCUT2D eigenvalue weighted by Gasteiger charge is -2.19. The van der Waals surface area contributed by atoms with E-state index >= 15 is 0 Å². The normalized spacial score (nSPS) is 13.2. The van der Waals surface area contributed by atoms with Crippen LogP contribution < -0.4 is 10.0 Å². The summed E-state index contributed by atoms with van der Waals surface area (Å²) >= 11 is 0. The number of benzene rings is 1. The standard InChI is InChI=1S/C15H26N2O3S/c1-6-13(10-20-5)17-21(18,19)15-11(3)8-14(16-7-2)9-12(15)4/h8-9,13,16-17H,6-7,10H2,1-5H3. The zero-order valence-electron chi connectivity index (χ0n) is 13.5. The highest BCUT2D eigenvalue weighted by Gasteiger charge is 2.23. The van der Waals surface area contributed by atoms with Gasteiger partial charge in [-0.1, -0.05) is 6.92 Å². The molecule has 2 N–H and O–H groups in total. The molecule has 0 saturated heterocycles. The Kier molecular flexibility index (Phi) is 6.64. The van der Waals surface area contributed by atoms with Crippen LogP contribution in [-0.4, -0.2) is 34.7 Å². The number of sulfonamides is 1. The third-order valence-corrected chi connectivity index (χ3v) is 5.12. The van der Waals surface area contributed by atoms with E-state index in [-0.39, 0.29) is 6.04 Å². The van der Waals surface area contributed by atoms with Gasteiger partial charge in [-0.15, -0.1) is 0 Å². The van der Waals surface area contributed by atoms with Crippen LogP contribution in [0.4, 0.5) is 5.69 Å². The Bertz CT molecular complexity index is 547. The molecule has 1 rings (SSSR count). The minimum absolute atomic E-state index is 0.216. The van der Waals surface area contributed by atoms with Crippen molar-refractivity contribution in [2.24, 2.45) is 0 Å². The summed E-state index contributed by atoms with van der Waals surface area (Å²) in [4.78, 5) is 0.360. The smallest absolute Gasteiger partial charge is 0.241 e. The van der Waals surface area contributed by atoms with Crippen molar-refractivity contribution in [3.05, 3.63) is 23.3 Å². The Morgan fingerprint density at radius 3 is 2.19 bits per heavy atom. The van der Waals surface area contributed by atoms with Crippen molar-refractivity contribution in [3.63, 3.8) is 0 Å². The van der Waals surface area contributed by atoms with Gasteiger partial charge in [0.05, 0.1) is 11.5 Å². The van der Waals surface area contributed by atoms with Gasteiger partial charge in [0.2, 0.25) is 10.0 Å². The monoisotopic (exact) mass is 314 g/mol. The second-order valence-corrected chi connectivity index (χ2v) is 6.80. The van der Waals surface area contributed by atoms with Gasteiger partial charge in [-0.3, -0.25) is 0 Å². The van der Waals surface area contributed by atoms with E-state index in [2.05, 4.69) is 10.0 Å². The summed E-state index contributed by atoms with van der Waals surface area (Å²) in [6, 6.07) is 3.51. The lowest BCUT2D eigenvalue weighted by atomic mass is 10.1. The average Bonchev–Trinajstić information content (AvgIpc) is 2.37. The van der Waals surface area contributed by atoms with Gasteiger partial charge in [0.15, 0.2) is 0 Å². The molecule has 6 heteroatoms. The zero-order chi connectivity index (χ0) is 16.0. The van der Waals surface area contributed by atoms with Crippen molar-refractivity contribution >= 4 is 15.7 Å². The quantitative estimate of drug-likeness (QED) is 0.773. The first-order valence-corrected chi connectivity index (χ1v) is 8.70. The number of hydrogen-bond donors (Lipinski definition) is 2. The minimum Gasteiger partial charge on any atom is -0.385 e. The van der Waals surface area contributed by atoms with E-state index in [0.29, 0.717) is 17.9 Å². The third kappa shape index (κ3) is 4.69. The molecule has 21 heavy (non-hydrogen) atoms. The molecule has 1 aromatic rings. The first-order chi connectivity index (χ1) is 9.85. The summed E-state index contributed by atoms with van der Waals surface area (Å²) in [5.74, 6) is 0. The van der Waals surface area contributed by atoms with E-state index in [9.17, 15) is 8.42 Å². The predicted molar refractivity (Wildman–Crippen MR) is 86.4 cm³/mol. The van der Waals surface area contributed by atoms with Gasteiger partial charge < -0.3 is 10.1 Å². The molecule has 120 valence electrons. The Hall–Kier alpha value is -1.11. The number of nitrogens with one attached hydrogen (secondary N) is 2. The van der Waals surface area contributed by atoms with Crippen LogP contribution in [0.3, 0.4) is 0 Å². The molecule has 0 aliphatic heterocycles. The fraction of sp³-hybridized carbons (Fsp3) is 0.600. The Labute approximate surface area is 128 Å². The molecule has 0 heterocycles. The Balaban J connectivity index is 3.13. The molecule has 0 aliphatic rings. The molecule has 0 amide bonds. The average molecular weight is 314 g/mol. The molecule has 0 spiro atoms. The van der Waals surface area contributed by atoms with Gasteiger partial charge in [0, 0.05) is 25.4 Å². The molecule has 0 fully saturated rings. The summed E-state index contributed by atoms with van der Waals surface area (Å²) < 4.78 is 33.0. The van der Waals surface area contributed by atoms with Crippen LogP contribution >= 0.6 is 0 Å². The van der Waals surface area contributed by atoms with Crippen LogP contribution in [0.1, 0.15) is 31.4 Å². The number of hydrogen-bond acceptors (Lipinski definition) is 4. The van der Waals surface area contributed by atoms with Crippen LogP contribution in [0.5, 0.6) is 0 Å². The number of aryl methyl sites for hydroxylation is 2. The van der Waals surface area contributed by atoms with Crippen LogP contribution in [0, 0.1) is 13.8 Å². The summed E-state index contributed by atoms with van der Waals surface area (Å²) in [5.41, 5.74) is 2.42. The van der Waals surface area contributed by atoms with E-state index in [1.165, 1.54) is 0 Å². The first kappa shape index (κ1) is 17.9. The molecular formula is C15H26N2O3S. The highest BCUT2D eigenvalue weighted by molar-refractivity contribution is 7.89. The molecule has 5 nitrogen and oxygen atoms in total. The molecule has 0 aromatic heterocycles. The molecule has 1 atom stereocenters. The van der Waals surface area contributed by atoms with Gasteiger partial charge in [-0.2, -0.15) is 0 Å². The van der Waals surface area contributed by atoms with E-state index in [1.54, 1.807) is 7.11 Å². The van der Waals surface area contributed by atoms with Gasteiger partial charge >= 0.3 is 0 Å². The maximum atomic E-state index is 12.6. The summed E-state index contributed by atoms with van der Waals surface area (Å²) in [6.07, 6.45) is 0.681. The van der Waals surface area contributed by atoms with E-state index in [0.717, 1.165) is 23.4 Å². The lowest BCUT2D eigenvalue weighted by Crippen LogP contribution is -2.38. The summed E-state index contributed by atoms with van der Waals surface area (Å²) in [6.45, 7) is 8.74. The predicted octanol–water partition coefficient (Wildman–Crippen LogP) is 2.44. The molecule has 0 aliphatic carbocycles. The molecule has 0 saturated carbocycles. The van der Waals surface area contributed by atoms with Crippen molar-refractivity contribution < 1.29 is 13.2 Å². The molecule has 1 unspecified atom stereocenters. The molecule has 0 bridgehead atoms. The van der Waals surface area contributed by atoms with Gasteiger partial charge in [0.1, 0.15) is 0 Å². The van der Waals surface area contributed by atoms with Crippen LogP contribution in [0.15, 0.2) is 17.0 Å². The molecule has 0 radical (unpaired) electrons. The van der Waals surface area contributed by atoms with Crippen molar-refractivity contribution in [3.8, 4) is 0 Å². The fourth-order valence-electron chi connectivity index (χ4n) is 2.40. The largest absolute Gasteiger partial charge is 0.385 e. The van der Waals surface area contributed by atoms with Crippen molar-refractivity contribution in [1.29, 1.82) is 0 Å². The van der Waals surface area contributed by atoms with E-state index < -0.39 is 10.0 Å². The van der Waals surface area contributed by atoms with E-state index in [4.69, 9.17) is 4.74 Å². The number of anilines is 1. The maximum absolute atomic E-state index is 12.6. The Morgan fingerprint density at radius 2 is 1.76 bits per heavy atom. The molecule has 1 aromatic carbocycles. The summed E-state index contributed by atoms with van der Waals surface area (Å²) in [5, 5.41) is 3.20. The minimum atomic E-state index is -3.54. The maximum Gasteiger partial charge on any atom is 0.241 e. The van der Waals surface area contributed by atoms with E-state index in [1.807, 2.05) is 39.8 Å². The van der Waals surface area contributed by atoms with Gasteiger partial charge in [-0.25, -0.2) is 13.1 Å². The van der Waals surface area contributed by atoms with Crippen molar-refractivity contribution in [2.45, 2.75) is 45.1 Å². The highest BCUT2D eigenvalue weighted by atomic mass is 32.2. The number of methoxy groups -OCH3 is 1. The number of ether oxygens (including phenoxy) is 1. The molecular weight excluding hydrogens is 288 g/mol. The van der Waals surface area contributed by atoms with Crippen molar-refractivity contribution in [1.82, 2.24) is 4.72 Å².